The van der Waals surface area contributed by atoms with E-state index in [4.69, 9.17) is 9.47 Å². The molecular formula is C18H28N2O4. The second-order valence-electron chi connectivity index (χ2n) is 6.53. The number of ether oxygens (including phenoxy) is 2. The maximum atomic E-state index is 11.8. The van der Waals surface area contributed by atoms with E-state index in [1.807, 2.05) is 58.0 Å². The summed E-state index contributed by atoms with van der Waals surface area (Å²) in [6.07, 6.45) is 0.444. The van der Waals surface area contributed by atoms with Gasteiger partial charge in [0.15, 0.2) is 0 Å². The minimum Gasteiger partial charge on any atom is -0.445 e. The zero-order valence-corrected chi connectivity index (χ0v) is 14.9. The second kappa shape index (κ2) is 9.80. The third-order valence-corrected chi connectivity index (χ3v) is 3.19. The van der Waals surface area contributed by atoms with E-state index in [-0.39, 0.29) is 12.6 Å². The summed E-state index contributed by atoms with van der Waals surface area (Å²) >= 11 is 0. The number of nitrogens with one attached hydrogen (secondary N) is 2. The topological polar surface area (TPSA) is 76.7 Å². The van der Waals surface area contributed by atoms with Crippen molar-refractivity contribution in [2.24, 2.45) is 0 Å². The van der Waals surface area contributed by atoms with Crippen LogP contribution in [-0.4, -0.2) is 30.4 Å². The van der Waals surface area contributed by atoms with Gasteiger partial charge in [0.1, 0.15) is 12.2 Å². The molecule has 0 saturated carbocycles. The third-order valence-electron chi connectivity index (χ3n) is 3.19. The molecule has 2 amide bonds. The second-order valence-corrected chi connectivity index (χ2v) is 6.53. The third kappa shape index (κ3) is 9.02. The van der Waals surface area contributed by atoms with E-state index in [9.17, 15) is 9.59 Å². The largest absolute Gasteiger partial charge is 0.445 e. The average Bonchev–Trinajstić information content (AvgIpc) is 2.51. The molecule has 0 heterocycles. The van der Waals surface area contributed by atoms with Crippen LogP contribution in [0.5, 0.6) is 0 Å². The van der Waals surface area contributed by atoms with Crippen LogP contribution in [0.4, 0.5) is 9.59 Å². The van der Waals surface area contributed by atoms with Crippen molar-refractivity contribution < 1.29 is 19.1 Å². The maximum absolute atomic E-state index is 11.8. The van der Waals surface area contributed by atoms with Crippen LogP contribution in [-0.2, 0) is 16.1 Å². The van der Waals surface area contributed by atoms with Crippen LogP contribution in [0, 0.1) is 0 Å². The Hall–Kier alpha value is -2.24. The van der Waals surface area contributed by atoms with Crippen molar-refractivity contribution in [3.63, 3.8) is 0 Å². The number of hydrogen-bond donors (Lipinski definition) is 2. The zero-order chi connectivity index (χ0) is 18.0. The normalized spacial score (nSPS) is 12.2. The first-order valence-electron chi connectivity index (χ1n) is 8.24. The SMILES string of the molecule is CCC(CCNC(=O)OC(C)(C)C)NC(=O)OCc1ccccc1. The number of carbonyl (C=O) groups is 2. The number of hydrogen-bond acceptors (Lipinski definition) is 4. The molecular weight excluding hydrogens is 308 g/mol. The van der Waals surface area contributed by atoms with Gasteiger partial charge in [-0.2, -0.15) is 0 Å². The van der Waals surface area contributed by atoms with Gasteiger partial charge in [-0.15, -0.1) is 0 Å². The minimum absolute atomic E-state index is 0.0665. The molecule has 1 aromatic carbocycles. The monoisotopic (exact) mass is 336 g/mol. The molecule has 1 atom stereocenters. The molecule has 0 aliphatic rings. The fraction of sp³-hybridized carbons (Fsp3) is 0.556. The van der Waals surface area contributed by atoms with Gasteiger partial charge in [-0.3, -0.25) is 0 Å². The molecule has 1 rings (SSSR count). The number of rotatable bonds is 7. The molecule has 1 aromatic rings. The van der Waals surface area contributed by atoms with Crippen LogP contribution in [0.15, 0.2) is 30.3 Å². The lowest BCUT2D eigenvalue weighted by atomic mass is 10.1. The lowest BCUT2D eigenvalue weighted by Crippen LogP contribution is -2.39. The van der Waals surface area contributed by atoms with Gasteiger partial charge in [0.2, 0.25) is 0 Å². The van der Waals surface area contributed by atoms with Gasteiger partial charge in [-0.05, 0) is 39.2 Å². The Morgan fingerprint density at radius 2 is 1.79 bits per heavy atom. The molecule has 6 heteroatoms. The summed E-state index contributed by atoms with van der Waals surface area (Å²) in [6, 6.07) is 9.43. The van der Waals surface area contributed by atoms with Crippen molar-refractivity contribution in [2.75, 3.05) is 6.54 Å². The van der Waals surface area contributed by atoms with Gasteiger partial charge in [0, 0.05) is 12.6 Å². The molecule has 0 aliphatic heterocycles. The van der Waals surface area contributed by atoms with E-state index in [1.165, 1.54) is 0 Å². The fourth-order valence-electron chi connectivity index (χ4n) is 1.97. The van der Waals surface area contributed by atoms with Crippen LogP contribution in [0.3, 0.4) is 0 Å². The molecule has 0 radical (unpaired) electrons. The van der Waals surface area contributed by atoms with E-state index < -0.39 is 17.8 Å². The van der Waals surface area contributed by atoms with Gasteiger partial charge < -0.3 is 20.1 Å². The Morgan fingerprint density at radius 3 is 2.38 bits per heavy atom. The van der Waals surface area contributed by atoms with E-state index in [1.54, 1.807) is 0 Å². The molecule has 134 valence electrons. The molecule has 0 fully saturated rings. The maximum Gasteiger partial charge on any atom is 0.407 e. The summed E-state index contributed by atoms with van der Waals surface area (Å²) in [6.45, 7) is 8.06. The molecule has 6 nitrogen and oxygen atoms in total. The average molecular weight is 336 g/mol. The van der Waals surface area contributed by atoms with Gasteiger partial charge >= 0.3 is 12.2 Å². The highest BCUT2D eigenvalue weighted by molar-refractivity contribution is 5.68. The predicted octanol–water partition coefficient (Wildman–Crippen LogP) is 3.61. The molecule has 0 saturated heterocycles. The van der Waals surface area contributed by atoms with Gasteiger partial charge in [-0.1, -0.05) is 37.3 Å². The van der Waals surface area contributed by atoms with Crippen molar-refractivity contribution in [3.8, 4) is 0 Å². The molecule has 1 unspecified atom stereocenters. The number of amides is 2. The Balaban J connectivity index is 2.26. The first kappa shape index (κ1) is 19.8. The molecule has 0 bridgehead atoms. The van der Waals surface area contributed by atoms with Crippen LogP contribution in [0.1, 0.15) is 46.1 Å². The number of benzene rings is 1. The summed E-state index contributed by atoms with van der Waals surface area (Å²) in [5.41, 5.74) is 0.417. The predicted molar refractivity (Wildman–Crippen MR) is 92.7 cm³/mol. The van der Waals surface area contributed by atoms with Gasteiger partial charge in [0.05, 0.1) is 0 Å². The number of alkyl carbamates (subject to hydrolysis) is 2. The highest BCUT2D eigenvalue weighted by Gasteiger charge is 2.16. The summed E-state index contributed by atoms with van der Waals surface area (Å²) in [4.78, 5) is 23.4. The van der Waals surface area contributed by atoms with Gasteiger partial charge in [0.25, 0.3) is 0 Å². The van der Waals surface area contributed by atoms with Crippen molar-refractivity contribution in [1.82, 2.24) is 10.6 Å². The van der Waals surface area contributed by atoms with Crippen LogP contribution >= 0.6 is 0 Å². The quantitative estimate of drug-likeness (QED) is 0.797. The van der Waals surface area contributed by atoms with Crippen molar-refractivity contribution >= 4 is 12.2 Å². The summed E-state index contributed by atoms with van der Waals surface area (Å²) in [5, 5.41) is 5.49. The standard InChI is InChI=1S/C18H28N2O4/c1-5-15(11-12-19-16(21)24-18(2,3)4)20-17(22)23-13-14-9-7-6-8-10-14/h6-10,15H,5,11-13H2,1-4H3,(H,19,21)(H,20,22). The van der Waals surface area contributed by atoms with E-state index in [0.29, 0.717) is 13.0 Å². The first-order valence-corrected chi connectivity index (χ1v) is 8.24. The molecule has 24 heavy (non-hydrogen) atoms. The summed E-state index contributed by atoms with van der Waals surface area (Å²) in [5.74, 6) is 0. The Kier molecular flexibility index (Phi) is 8.09. The van der Waals surface area contributed by atoms with E-state index in [0.717, 1.165) is 12.0 Å². The van der Waals surface area contributed by atoms with Crippen molar-refractivity contribution in [3.05, 3.63) is 35.9 Å². The van der Waals surface area contributed by atoms with Crippen LogP contribution in [0.25, 0.3) is 0 Å². The fourth-order valence-corrected chi connectivity index (χ4v) is 1.97. The molecule has 0 aliphatic carbocycles. The summed E-state index contributed by atoms with van der Waals surface area (Å²) < 4.78 is 10.4. The van der Waals surface area contributed by atoms with Crippen LogP contribution < -0.4 is 10.6 Å². The van der Waals surface area contributed by atoms with Crippen LogP contribution in [0.2, 0.25) is 0 Å². The Bertz CT molecular complexity index is 512. The molecule has 2 N–H and O–H groups in total. The van der Waals surface area contributed by atoms with Gasteiger partial charge in [-0.25, -0.2) is 9.59 Å². The molecule has 0 aromatic heterocycles. The lowest BCUT2D eigenvalue weighted by molar-refractivity contribution is 0.0526. The zero-order valence-electron chi connectivity index (χ0n) is 14.9. The van der Waals surface area contributed by atoms with E-state index in [2.05, 4.69) is 10.6 Å². The minimum atomic E-state index is -0.520. The lowest BCUT2D eigenvalue weighted by Gasteiger charge is -2.21. The first-order chi connectivity index (χ1) is 11.3. The number of carbonyl (C=O) groups excluding carboxylic acids is 2. The molecule has 0 spiro atoms. The Morgan fingerprint density at radius 1 is 1.12 bits per heavy atom. The van der Waals surface area contributed by atoms with Crippen molar-refractivity contribution in [2.45, 2.75) is 58.8 Å². The summed E-state index contributed by atoms with van der Waals surface area (Å²) in [7, 11) is 0. The Labute approximate surface area is 143 Å². The highest BCUT2D eigenvalue weighted by atomic mass is 16.6. The van der Waals surface area contributed by atoms with E-state index >= 15 is 0 Å². The smallest absolute Gasteiger partial charge is 0.407 e. The van der Waals surface area contributed by atoms with Crippen molar-refractivity contribution in [1.29, 1.82) is 0 Å². The highest BCUT2D eigenvalue weighted by Crippen LogP contribution is 2.07.